The quantitative estimate of drug-likeness (QED) is 0.0544. The van der Waals surface area contributed by atoms with Crippen LogP contribution in [0.2, 0.25) is 0 Å². The van der Waals surface area contributed by atoms with Gasteiger partial charge in [0.15, 0.2) is 17.5 Å². The number of oxime groups is 1. The molecule has 0 aliphatic carbocycles. The number of carbonyl (C=O) groups is 4. The summed E-state index contributed by atoms with van der Waals surface area (Å²) in [4.78, 5) is 60.1. The van der Waals surface area contributed by atoms with E-state index >= 15 is 0 Å². The number of aromatic nitrogens is 6. The van der Waals surface area contributed by atoms with Crippen LogP contribution < -0.4 is 10.6 Å². The first kappa shape index (κ1) is 29.0. The first-order valence-corrected chi connectivity index (χ1v) is 14.8. The Morgan fingerprint density at radius 3 is 3.00 bits per heavy atom. The van der Waals surface area contributed by atoms with Crippen LogP contribution in [-0.4, -0.2) is 93.2 Å². The maximum absolute atomic E-state index is 13.3. The van der Waals surface area contributed by atoms with Gasteiger partial charge in [0, 0.05) is 23.0 Å². The van der Waals surface area contributed by atoms with Crippen LogP contribution in [0.4, 0.5) is 5.13 Å². The molecule has 0 saturated carbocycles. The molecule has 3 amide bonds. The zero-order valence-corrected chi connectivity index (χ0v) is 23.7. The van der Waals surface area contributed by atoms with Gasteiger partial charge in [0.05, 0.1) is 6.54 Å². The van der Waals surface area contributed by atoms with Crippen LogP contribution in [0.5, 0.6) is 0 Å². The molecule has 2 atom stereocenters. The molecule has 0 radical (unpaired) electrons. The molecule has 3 N–H and O–H groups in total. The Labute approximate surface area is 248 Å². The number of thiazole rings is 1. The first-order valence-electron chi connectivity index (χ1n) is 11.9. The fourth-order valence-corrected chi connectivity index (χ4v) is 6.90. The Balaban J connectivity index is 1.30. The Morgan fingerprint density at radius 1 is 1.40 bits per heavy atom. The van der Waals surface area contributed by atoms with E-state index in [9.17, 15) is 24.3 Å². The standard InChI is InChI=1S/C22H20N10O7S3/c1-2-4-31-22(26-29-30-31)42-8-11-7-40-19-15(18(35)32(19)16(11)20(36)37)25-17(34)14(13-9-41-21(24-13)23-10-33)28-39-6-12-3-5-38-27-12/h2-3,5,9-10,15,19H,1,4,6-8H2,(H,25,34)(H,36,37)(H,23,24,33)/t15?,19-/m0/s1. The Hall–Kier alpha value is -4.56. The largest absolute Gasteiger partial charge is 0.477 e. The molecule has 17 nitrogen and oxygen atoms in total. The van der Waals surface area contributed by atoms with E-state index in [2.05, 4.69) is 48.0 Å². The normalized spacial score (nSPS) is 18.2. The lowest BCUT2D eigenvalue weighted by Crippen LogP contribution is -2.71. The molecule has 3 aromatic heterocycles. The van der Waals surface area contributed by atoms with E-state index in [1.165, 1.54) is 39.8 Å². The van der Waals surface area contributed by atoms with Gasteiger partial charge in [-0.1, -0.05) is 28.2 Å². The highest BCUT2D eigenvalue weighted by Gasteiger charge is 2.54. The molecule has 0 bridgehead atoms. The first-order chi connectivity index (χ1) is 20.4. The number of aliphatic carboxylic acids is 1. The summed E-state index contributed by atoms with van der Waals surface area (Å²) < 4.78 is 6.26. The van der Waals surface area contributed by atoms with E-state index in [1.54, 1.807) is 12.1 Å². The number of β-lactam (4-membered cyclic amide) rings is 1. The maximum Gasteiger partial charge on any atom is 0.352 e. The molecule has 1 fully saturated rings. The number of hydrogen-bond acceptors (Lipinski definition) is 15. The summed E-state index contributed by atoms with van der Waals surface area (Å²) in [6.07, 6.45) is 3.41. The number of thioether (sulfide) groups is 2. The number of tetrazole rings is 1. The molecule has 2 aliphatic heterocycles. The monoisotopic (exact) mass is 632 g/mol. The van der Waals surface area contributed by atoms with Crippen molar-refractivity contribution in [2.24, 2.45) is 5.16 Å². The molecule has 1 unspecified atom stereocenters. The van der Waals surface area contributed by atoms with Crippen LogP contribution in [0.1, 0.15) is 11.4 Å². The topological polar surface area (TPSA) is 220 Å². The summed E-state index contributed by atoms with van der Waals surface area (Å²) in [5, 5.41) is 35.5. The van der Waals surface area contributed by atoms with Crippen LogP contribution >= 0.6 is 34.9 Å². The van der Waals surface area contributed by atoms with Crippen LogP contribution in [-0.2, 0) is 37.2 Å². The minimum absolute atomic E-state index is 0.0890. The van der Waals surface area contributed by atoms with E-state index in [-0.39, 0.29) is 34.6 Å². The number of allylic oxidation sites excluding steroid dienone is 1. The van der Waals surface area contributed by atoms with Gasteiger partial charge in [0.25, 0.3) is 11.8 Å². The van der Waals surface area contributed by atoms with Crippen LogP contribution in [0.3, 0.4) is 0 Å². The van der Waals surface area contributed by atoms with E-state index in [0.29, 0.717) is 35.1 Å². The molecule has 2 aliphatic rings. The number of carbonyl (C=O) groups excluding carboxylic acids is 3. The van der Waals surface area contributed by atoms with Crippen LogP contribution in [0.25, 0.3) is 0 Å². The van der Waals surface area contributed by atoms with Crippen LogP contribution in [0, 0.1) is 0 Å². The summed E-state index contributed by atoms with van der Waals surface area (Å²) in [5.41, 5.74) is 0.623. The number of nitrogens with one attached hydrogen (secondary N) is 2. The van der Waals surface area contributed by atoms with Gasteiger partial charge >= 0.3 is 5.97 Å². The lowest BCUT2D eigenvalue weighted by Gasteiger charge is -2.49. The predicted octanol–water partition coefficient (Wildman–Crippen LogP) is 0.324. The number of rotatable bonds is 14. The number of carboxylic acid groups (broad SMARTS) is 1. The van der Waals surface area contributed by atoms with Gasteiger partial charge < -0.3 is 25.1 Å². The Morgan fingerprint density at radius 2 is 2.26 bits per heavy atom. The number of fused-ring (bicyclic) bond motifs is 1. The summed E-state index contributed by atoms with van der Waals surface area (Å²) >= 11 is 3.60. The second-order valence-electron chi connectivity index (χ2n) is 8.34. The molecule has 5 heterocycles. The van der Waals surface area contributed by atoms with E-state index in [0.717, 1.165) is 16.2 Å². The number of carboxylic acids is 1. The predicted molar refractivity (Wildman–Crippen MR) is 148 cm³/mol. The van der Waals surface area contributed by atoms with Crippen molar-refractivity contribution in [1.82, 2.24) is 40.6 Å². The molecule has 3 aromatic rings. The highest BCUT2D eigenvalue weighted by Crippen LogP contribution is 2.41. The van der Waals surface area contributed by atoms with Gasteiger partial charge in [-0.05, 0) is 16.0 Å². The molecule has 0 aromatic carbocycles. The fraction of sp³-hybridized carbons (Fsp3) is 0.273. The number of hydrogen-bond donors (Lipinski definition) is 3. The second kappa shape index (κ2) is 13.0. The highest BCUT2D eigenvalue weighted by molar-refractivity contribution is 8.01. The van der Waals surface area contributed by atoms with Gasteiger partial charge in [0.1, 0.15) is 34.8 Å². The number of nitrogens with zero attached hydrogens (tertiary/aromatic N) is 8. The van der Waals surface area contributed by atoms with Crippen molar-refractivity contribution in [3.05, 3.63) is 53.0 Å². The molecular weight excluding hydrogens is 613 g/mol. The minimum atomic E-state index is -1.26. The second-order valence-corrected chi connectivity index (χ2v) is 11.2. The van der Waals surface area contributed by atoms with Crippen molar-refractivity contribution in [3.63, 3.8) is 0 Å². The molecular formula is C22H20N10O7S3. The minimum Gasteiger partial charge on any atom is -0.477 e. The molecule has 0 spiro atoms. The number of amides is 3. The molecule has 5 rings (SSSR count). The van der Waals surface area contributed by atoms with Crippen molar-refractivity contribution in [2.45, 2.75) is 29.7 Å². The SMILES string of the molecule is C=CCn1nnnc1SCC1=C(C(=O)O)N2C(=O)C(NC(=O)C(=NOCc3ccon3)c3csc(NC=O)n3)[C@@H]2SC1. The van der Waals surface area contributed by atoms with Crippen molar-refractivity contribution >= 4 is 69.9 Å². The highest BCUT2D eigenvalue weighted by atomic mass is 32.2. The van der Waals surface area contributed by atoms with Gasteiger partial charge in [-0.15, -0.1) is 34.8 Å². The van der Waals surface area contributed by atoms with Crippen molar-refractivity contribution in [2.75, 3.05) is 16.8 Å². The van der Waals surface area contributed by atoms with E-state index in [4.69, 9.17) is 9.36 Å². The molecule has 20 heteroatoms. The van der Waals surface area contributed by atoms with E-state index < -0.39 is 29.2 Å². The third kappa shape index (κ3) is 6.04. The summed E-state index contributed by atoms with van der Waals surface area (Å²) in [7, 11) is 0. The van der Waals surface area contributed by atoms with Crippen molar-refractivity contribution in [1.29, 1.82) is 0 Å². The Kier molecular flexibility index (Phi) is 8.93. The Bertz CT molecular complexity index is 1570. The fourth-order valence-electron chi connectivity index (χ4n) is 3.87. The molecule has 1 saturated heterocycles. The number of anilines is 1. The van der Waals surface area contributed by atoms with Gasteiger partial charge in [-0.2, -0.15) is 0 Å². The van der Waals surface area contributed by atoms with Gasteiger partial charge in [0.2, 0.25) is 11.6 Å². The maximum atomic E-state index is 13.3. The van der Waals surface area contributed by atoms with Crippen molar-refractivity contribution in [3.8, 4) is 0 Å². The third-order valence-corrected chi connectivity index (χ3v) is 8.87. The van der Waals surface area contributed by atoms with Gasteiger partial charge in [-0.3, -0.25) is 19.3 Å². The zero-order chi connectivity index (χ0) is 29.6. The van der Waals surface area contributed by atoms with Gasteiger partial charge in [-0.25, -0.2) is 14.5 Å². The zero-order valence-electron chi connectivity index (χ0n) is 21.3. The lowest BCUT2D eigenvalue weighted by molar-refractivity contribution is -0.150. The van der Waals surface area contributed by atoms with Crippen molar-refractivity contribution < 1.29 is 33.6 Å². The average Bonchev–Trinajstić information content (AvgIpc) is 3.76. The summed E-state index contributed by atoms with van der Waals surface area (Å²) in [6.45, 7) is 3.93. The third-order valence-electron chi connectivity index (χ3n) is 5.72. The molecule has 218 valence electrons. The van der Waals surface area contributed by atoms with Crippen LogP contribution in [0.15, 0.2) is 56.5 Å². The molecule has 42 heavy (non-hydrogen) atoms. The average molecular weight is 633 g/mol. The smallest absolute Gasteiger partial charge is 0.352 e. The summed E-state index contributed by atoms with van der Waals surface area (Å²) in [6, 6.07) is 0.521. The summed E-state index contributed by atoms with van der Waals surface area (Å²) in [5.74, 6) is -2.11. The van der Waals surface area contributed by atoms with E-state index in [1.807, 2.05) is 0 Å². The lowest BCUT2D eigenvalue weighted by atomic mass is 10.0.